The molecule has 1 amide bonds. The van der Waals surface area contributed by atoms with Crippen LogP contribution in [-0.2, 0) is 11.2 Å². The molecule has 0 radical (unpaired) electrons. The predicted molar refractivity (Wildman–Crippen MR) is 114 cm³/mol. The molecule has 0 aliphatic rings. The SMILES string of the molecule is CCOc1cc2oc(C)c(C)c2cc1/C(C)=C/C(=O)NCCc1ccccc1. The molecule has 146 valence electrons. The minimum absolute atomic E-state index is 0.101. The van der Waals surface area contributed by atoms with Crippen molar-refractivity contribution in [1.82, 2.24) is 5.32 Å². The van der Waals surface area contributed by atoms with Crippen LogP contribution in [0.4, 0.5) is 0 Å². The van der Waals surface area contributed by atoms with E-state index >= 15 is 0 Å². The number of benzene rings is 2. The Labute approximate surface area is 166 Å². The van der Waals surface area contributed by atoms with Crippen LogP contribution in [0.5, 0.6) is 5.75 Å². The zero-order chi connectivity index (χ0) is 20.1. The van der Waals surface area contributed by atoms with Gasteiger partial charge in [-0.3, -0.25) is 4.79 Å². The Morgan fingerprint density at radius 3 is 2.64 bits per heavy atom. The van der Waals surface area contributed by atoms with E-state index in [0.29, 0.717) is 13.2 Å². The smallest absolute Gasteiger partial charge is 0.244 e. The molecule has 1 aromatic heterocycles. The average Bonchev–Trinajstić information content (AvgIpc) is 2.95. The van der Waals surface area contributed by atoms with Crippen molar-refractivity contribution in [3.8, 4) is 5.75 Å². The largest absolute Gasteiger partial charge is 0.493 e. The van der Waals surface area contributed by atoms with E-state index in [-0.39, 0.29) is 5.91 Å². The Kier molecular flexibility index (Phi) is 6.19. The van der Waals surface area contributed by atoms with Crippen molar-refractivity contribution in [1.29, 1.82) is 0 Å². The van der Waals surface area contributed by atoms with Gasteiger partial charge in [0.05, 0.1) is 6.61 Å². The highest BCUT2D eigenvalue weighted by atomic mass is 16.5. The van der Waals surface area contributed by atoms with Gasteiger partial charge in [0.25, 0.3) is 0 Å². The molecule has 0 aliphatic carbocycles. The third-order valence-electron chi connectivity index (χ3n) is 4.90. The number of aryl methyl sites for hydroxylation is 2. The fourth-order valence-corrected chi connectivity index (χ4v) is 3.25. The molecule has 0 bridgehead atoms. The topological polar surface area (TPSA) is 51.5 Å². The third-order valence-corrected chi connectivity index (χ3v) is 4.90. The van der Waals surface area contributed by atoms with Crippen molar-refractivity contribution in [3.05, 3.63) is 71.0 Å². The summed E-state index contributed by atoms with van der Waals surface area (Å²) < 4.78 is 11.6. The number of ether oxygens (including phenoxy) is 1. The lowest BCUT2D eigenvalue weighted by Crippen LogP contribution is -2.23. The molecule has 0 saturated heterocycles. The number of nitrogens with one attached hydrogen (secondary N) is 1. The third kappa shape index (κ3) is 4.45. The maximum atomic E-state index is 12.4. The second-order valence-electron chi connectivity index (χ2n) is 6.91. The second kappa shape index (κ2) is 8.79. The summed E-state index contributed by atoms with van der Waals surface area (Å²) in [6.07, 6.45) is 2.44. The normalized spacial score (nSPS) is 11.6. The van der Waals surface area contributed by atoms with Gasteiger partial charge in [-0.05, 0) is 56.9 Å². The highest BCUT2D eigenvalue weighted by Crippen LogP contribution is 2.34. The Bertz CT molecular complexity index is 1000. The van der Waals surface area contributed by atoms with E-state index in [4.69, 9.17) is 9.15 Å². The second-order valence-corrected chi connectivity index (χ2v) is 6.91. The average molecular weight is 377 g/mol. The number of hydrogen-bond acceptors (Lipinski definition) is 3. The summed E-state index contributed by atoms with van der Waals surface area (Å²) in [4.78, 5) is 12.4. The van der Waals surface area contributed by atoms with Crippen LogP contribution in [-0.4, -0.2) is 19.1 Å². The monoisotopic (exact) mass is 377 g/mol. The number of allylic oxidation sites excluding steroid dienone is 1. The van der Waals surface area contributed by atoms with Crippen LogP contribution < -0.4 is 10.1 Å². The Balaban J connectivity index is 1.78. The molecule has 2 aromatic carbocycles. The van der Waals surface area contributed by atoms with Crippen LogP contribution in [0.2, 0.25) is 0 Å². The van der Waals surface area contributed by atoms with Crippen molar-refractivity contribution in [2.75, 3.05) is 13.2 Å². The van der Waals surface area contributed by atoms with Gasteiger partial charge in [0.1, 0.15) is 17.1 Å². The van der Waals surface area contributed by atoms with Gasteiger partial charge in [-0.25, -0.2) is 0 Å². The molecule has 4 nitrogen and oxygen atoms in total. The van der Waals surface area contributed by atoms with Gasteiger partial charge in [-0.15, -0.1) is 0 Å². The zero-order valence-electron chi connectivity index (χ0n) is 17.0. The maximum absolute atomic E-state index is 12.4. The zero-order valence-corrected chi connectivity index (χ0v) is 17.0. The number of furan rings is 1. The van der Waals surface area contributed by atoms with Gasteiger partial charge < -0.3 is 14.5 Å². The molecule has 3 aromatic rings. The van der Waals surface area contributed by atoms with Crippen LogP contribution >= 0.6 is 0 Å². The maximum Gasteiger partial charge on any atom is 0.244 e. The molecule has 3 rings (SSSR count). The van der Waals surface area contributed by atoms with Gasteiger partial charge >= 0.3 is 0 Å². The van der Waals surface area contributed by atoms with E-state index in [9.17, 15) is 4.79 Å². The molecule has 28 heavy (non-hydrogen) atoms. The van der Waals surface area contributed by atoms with Gasteiger partial charge in [-0.1, -0.05) is 30.3 Å². The van der Waals surface area contributed by atoms with E-state index in [2.05, 4.69) is 23.5 Å². The number of amides is 1. The highest BCUT2D eigenvalue weighted by molar-refractivity contribution is 5.97. The van der Waals surface area contributed by atoms with Crippen LogP contribution in [0.25, 0.3) is 16.5 Å². The molecular formula is C24H27NO3. The van der Waals surface area contributed by atoms with Crippen LogP contribution in [0.1, 0.15) is 36.3 Å². The van der Waals surface area contributed by atoms with E-state index in [1.165, 1.54) is 5.56 Å². The lowest BCUT2D eigenvalue weighted by molar-refractivity contribution is -0.116. The number of fused-ring (bicyclic) bond motifs is 1. The first-order valence-corrected chi connectivity index (χ1v) is 9.66. The van der Waals surface area contributed by atoms with Crippen molar-refractivity contribution < 1.29 is 13.9 Å². The number of carbonyl (C=O) groups excluding carboxylic acids is 1. The molecule has 4 heteroatoms. The van der Waals surface area contributed by atoms with Crippen molar-refractivity contribution >= 4 is 22.4 Å². The predicted octanol–water partition coefficient (Wildman–Crippen LogP) is 5.21. The lowest BCUT2D eigenvalue weighted by atomic mass is 10.0. The minimum atomic E-state index is -0.101. The number of rotatable bonds is 7. The summed E-state index contributed by atoms with van der Waals surface area (Å²) in [5.41, 5.74) is 4.90. The van der Waals surface area contributed by atoms with Crippen molar-refractivity contribution in [3.63, 3.8) is 0 Å². The Morgan fingerprint density at radius 1 is 1.18 bits per heavy atom. The molecule has 0 fully saturated rings. The lowest BCUT2D eigenvalue weighted by Gasteiger charge is -2.11. The standard InChI is InChI=1S/C24H27NO3/c1-5-27-22-15-23-21(17(3)18(4)28-23)14-20(22)16(2)13-24(26)25-12-11-19-9-7-6-8-10-19/h6-10,13-15H,5,11-12H2,1-4H3,(H,25,26)/b16-13+. The van der Waals surface area contributed by atoms with E-state index in [1.807, 2.05) is 52.0 Å². The van der Waals surface area contributed by atoms with Crippen LogP contribution in [0, 0.1) is 13.8 Å². The van der Waals surface area contributed by atoms with E-state index in [1.54, 1.807) is 6.08 Å². The molecule has 1 N–H and O–H groups in total. The Hall–Kier alpha value is -3.01. The fourth-order valence-electron chi connectivity index (χ4n) is 3.25. The first-order chi connectivity index (χ1) is 13.5. The number of hydrogen-bond donors (Lipinski definition) is 1. The molecule has 0 saturated carbocycles. The summed E-state index contributed by atoms with van der Waals surface area (Å²) in [7, 11) is 0. The minimum Gasteiger partial charge on any atom is -0.493 e. The highest BCUT2D eigenvalue weighted by Gasteiger charge is 2.14. The van der Waals surface area contributed by atoms with Gasteiger partial charge in [0.2, 0.25) is 5.91 Å². The van der Waals surface area contributed by atoms with Crippen molar-refractivity contribution in [2.45, 2.75) is 34.1 Å². The van der Waals surface area contributed by atoms with Gasteiger partial charge in [0, 0.05) is 29.6 Å². The quantitative estimate of drug-likeness (QED) is 0.575. The first kappa shape index (κ1) is 19.7. The molecule has 0 spiro atoms. The fraction of sp³-hybridized carbons (Fsp3) is 0.292. The summed E-state index contributed by atoms with van der Waals surface area (Å²) in [5.74, 6) is 1.53. The molecule has 0 atom stereocenters. The summed E-state index contributed by atoms with van der Waals surface area (Å²) >= 11 is 0. The first-order valence-electron chi connectivity index (χ1n) is 9.66. The van der Waals surface area contributed by atoms with Crippen LogP contribution in [0.3, 0.4) is 0 Å². The van der Waals surface area contributed by atoms with Gasteiger partial charge in [0.15, 0.2) is 0 Å². The van der Waals surface area contributed by atoms with Crippen molar-refractivity contribution in [2.24, 2.45) is 0 Å². The Morgan fingerprint density at radius 2 is 1.93 bits per heavy atom. The van der Waals surface area contributed by atoms with Gasteiger partial charge in [-0.2, -0.15) is 0 Å². The molecule has 0 aliphatic heterocycles. The molecule has 0 unspecified atom stereocenters. The van der Waals surface area contributed by atoms with E-state index in [0.717, 1.165) is 45.6 Å². The number of carbonyl (C=O) groups is 1. The molecular weight excluding hydrogens is 350 g/mol. The molecule has 1 heterocycles. The van der Waals surface area contributed by atoms with Crippen LogP contribution in [0.15, 0.2) is 53.0 Å². The summed E-state index contributed by atoms with van der Waals surface area (Å²) in [6, 6.07) is 14.1. The van der Waals surface area contributed by atoms with E-state index < -0.39 is 0 Å². The summed E-state index contributed by atoms with van der Waals surface area (Å²) in [5, 5.41) is 4.01. The summed E-state index contributed by atoms with van der Waals surface area (Å²) in [6.45, 7) is 9.03.